The van der Waals surface area contributed by atoms with Crippen LogP contribution >= 0.6 is 15.9 Å². The van der Waals surface area contributed by atoms with Crippen molar-refractivity contribution in [3.8, 4) is 0 Å². The normalized spacial score (nSPS) is 11.3. The van der Waals surface area contributed by atoms with Crippen LogP contribution in [0.4, 0.5) is 11.8 Å². The van der Waals surface area contributed by atoms with Gasteiger partial charge in [0.05, 0.1) is 4.47 Å². The Balaban J connectivity index is 2.01. The first-order valence-electron chi connectivity index (χ1n) is 6.56. The minimum atomic E-state index is -0.0842. The summed E-state index contributed by atoms with van der Waals surface area (Å²) in [5, 5.41) is 3.42. The van der Waals surface area contributed by atoms with Gasteiger partial charge in [-0.25, -0.2) is 4.98 Å². The van der Waals surface area contributed by atoms with E-state index in [4.69, 9.17) is 5.73 Å². The van der Waals surface area contributed by atoms with Crippen molar-refractivity contribution in [3.05, 3.63) is 46.6 Å². The quantitative estimate of drug-likeness (QED) is 0.876. The van der Waals surface area contributed by atoms with Gasteiger partial charge in [-0.15, -0.1) is 0 Å². The van der Waals surface area contributed by atoms with E-state index in [0.29, 0.717) is 0 Å². The first-order valence-corrected chi connectivity index (χ1v) is 7.36. The second kappa shape index (κ2) is 6.22. The van der Waals surface area contributed by atoms with Crippen LogP contribution < -0.4 is 11.1 Å². The van der Waals surface area contributed by atoms with Crippen LogP contribution in [0, 0.1) is 0 Å². The molecule has 1 heterocycles. The highest BCUT2D eigenvalue weighted by molar-refractivity contribution is 9.10. The fourth-order valence-corrected chi connectivity index (χ4v) is 2.24. The van der Waals surface area contributed by atoms with Gasteiger partial charge in [0.2, 0.25) is 5.95 Å². The zero-order chi connectivity index (χ0) is 14.6. The SMILES string of the molecule is CC(C)(CCc1ccccc1)Nc1nc(N)ncc1Br. The molecule has 0 amide bonds. The average Bonchev–Trinajstić information content (AvgIpc) is 2.42. The smallest absolute Gasteiger partial charge is 0.221 e. The molecule has 0 atom stereocenters. The van der Waals surface area contributed by atoms with Gasteiger partial charge in [0, 0.05) is 11.7 Å². The first-order chi connectivity index (χ1) is 9.46. The van der Waals surface area contributed by atoms with Crippen molar-refractivity contribution in [2.24, 2.45) is 0 Å². The van der Waals surface area contributed by atoms with E-state index in [0.717, 1.165) is 23.1 Å². The molecule has 0 aliphatic carbocycles. The second-order valence-electron chi connectivity index (χ2n) is 5.42. The Kier molecular flexibility index (Phi) is 4.60. The molecule has 1 aromatic carbocycles. The largest absolute Gasteiger partial charge is 0.368 e. The molecule has 0 saturated heterocycles. The molecule has 2 aromatic rings. The van der Waals surface area contributed by atoms with Crippen molar-refractivity contribution in [1.82, 2.24) is 9.97 Å². The van der Waals surface area contributed by atoms with E-state index in [1.807, 2.05) is 6.07 Å². The third kappa shape index (κ3) is 4.20. The van der Waals surface area contributed by atoms with Crippen LogP contribution in [0.1, 0.15) is 25.8 Å². The van der Waals surface area contributed by atoms with Crippen LogP contribution in [0.3, 0.4) is 0 Å². The molecule has 3 N–H and O–H groups in total. The third-order valence-corrected chi connectivity index (χ3v) is 3.68. The highest BCUT2D eigenvalue weighted by atomic mass is 79.9. The predicted molar refractivity (Wildman–Crippen MR) is 86.6 cm³/mol. The summed E-state index contributed by atoms with van der Waals surface area (Å²) in [6.45, 7) is 4.31. The van der Waals surface area contributed by atoms with Crippen molar-refractivity contribution in [2.45, 2.75) is 32.2 Å². The number of hydrogen-bond donors (Lipinski definition) is 2. The summed E-state index contributed by atoms with van der Waals surface area (Å²) in [6.07, 6.45) is 3.67. The van der Waals surface area contributed by atoms with E-state index in [1.165, 1.54) is 5.56 Å². The van der Waals surface area contributed by atoms with Crippen LogP contribution in [0.25, 0.3) is 0 Å². The Hall–Kier alpha value is -1.62. The number of benzene rings is 1. The van der Waals surface area contributed by atoms with E-state index < -0.39 is 0 Å². The second-order valence-corrected chi connectivity index (χ2v) is 6.27. The minimum Gasteiger partial charge on any atom is -0.368 e. The zero-order valence-electron chi connectivity index (χ0n) is 11.7. The molecular weight excluding hydrogens is 316 g/mol. The number of nitrogens with two attached hydrogens (primary N) is 1. The lowest BCUT2D eigenvalue weighted by Gasteiger charge is -2.27. The highest BCUT2D eigenvalue weighted by Crippen LogP contribution is 2.25. The summed E-state index contributed by atoms with van der Waals surface area (Å²) in [7, 11) is 0. The monoisotopic (exact) mass is 334 g/mol. The lowest BCUT2D eigenvalue weighted by molar-refractivity contribution is 0.516. The van der Waals surface area contributed by atoms with E-state index >= 15 is 0 Å². The number of aromatic nitrogens is 2. The molecule has 0 spiro atoms. The number of nitrogen functional groups attached to an aromatic ring is 1. The summed E-state index contributed by atoms with van der Waals surface area (Å²) in [4.78, 5) is 8.16. The predicted octanol–water partition coefficient (Wildman–Crippen LogP) is 3.64. The number of hydrogen-bond acceptors (Lipinski definition) is 4. The zero-order valence-corrected chi connectivity index (χ0v) is 13.3. The number of halogens is 1. The molecule has 0 fully saturated rings. The lowest BCUT2D eigenvalue weighted by atomic mass is 9.95. The van der Waals surface area contributed by atoms with Crippen molar-refractivity contribution in [1.29, 1.82) is 0 Å². The average molecular weight is 335 g/mol. The van der Waals surface area contributed by atoms with Gasteiger partial charge in [-0.1, -0.05) is 30.3 Å². The number of nitrogens with zero attached hydrogens (tertiary/aromatic N) is 2. The van der Waals surface area contributed by atoms with Gasteiger partial charge in [0.15, 0.2) is 0 Å². The minimum absolute atomic E-state index is 0.0842. The van der Waals surface area contributed by atoms with Crippen LogP contribution in [0.15, 0.2) is 41.0 Å². The van der Waals surface area contributed by atoms with Gasteiger partial charge < -0.3 is 11.1 Å². The topological polar surface area (TPSA) is 63.8 Å². The van der Waals surface area contributed by atoms with Crippen molar-refractivity contribution < 1.29 is 0 Å². The lowest BCUT2D eigenvalue weighted by Crippen LogP contribution is -2.32. The molecule has 0 radical (unpaired) electrons. The summed E-state index contributed by atoms with van der Waals surface area (Å²) in [5.74, 6) is 1.00. The standard InChI is InChI=1S/C15H19BrN4/c1-15(2,9-8-11-6-4-3-5-7-11)20-13-12(16)10-18-14(17)19-13/h3-7,10H,8-9H2,1-2H3,(H3,17,18,19,20). The summed E-state index contributed by atoms with van der Waals surface area (Å²) < 4.78 is 0.819. The molecular formula is C15H19BrN4. The Morgan fingerprint density at radius 1 is 1.25 bits per heavy atom. The molecule has 0 bridgehead atoms. The molecule has 1 aromatic heterocycles. The fraction of sp³-hybridized carbons (Fsp3) is 0.333. The summed E-state index contributed by atoms with van der Waals surface area (Å²) in [6, 6.07) is 10.5. The van der Waals surface area contributed by atoms with E-state index in [1.54, 1.807) is 6.20 Å². The van der Waals surface area contributed by atoms with Crippen LogP contribution in [0.5, 0.6) is 0 Å². The van der Waals surface area contributed by atoms with Gasteiger partial charge in [-0.2, -0.15) is 4.98 Å². The maximum Gasteiger partial charge on any atom is 0.221 e. The molecule has 106 valence electrons. The van der Waals surface area contributed by atoms with E-state index in [9.17, 15) is 0 Å². The maximum absolute atomic E-state index is 5.63. The van der Waals surface area contributed by atoms with E-state index in [2.05, 4.69) is 69.3 Å². The maximum atomic E-state index is 5.63. The number of aryl methyl sites for hydroxylation is 1. The molecule has 0 aliphatic heterocycles. The first kappa shape index (κ1) is 14.8. The third-order valence-electron chi connectivity index (χ3n) is 3.10. The molecule has 20 heavy (non-hydrogen) atoms. The Morgan fingerprint density at radius 2 is 1.95 bits per heavy atom. The van der Waals surface area contributed by atoms with Gasteiger partial charge in [0.25, 0.3) is 0 Å². The molecule has 0 saturated carbocycles. The van der Waals surface area contributed by atoms with Crippen LogP contribution in [0.2, 0.25) is 0 Å². The van der Waals surface area contributed by atoms with Crippen LogP contribution in [-0.2, 0) is 6.42 Å². The van der Waals surface area contributed by atoms with Gasteiger partial charge in [-0.05, 0) is 48.2 Å². The molecule has 0 unspecified atom stereocenters. The fourth-order valence-electron chi connectivity index (χ4n) is 1.95. The molecule has 2 rings (SSSR count). The van der Waals surface area contributed by atoms with Crippen molar-refractivity contribution in [3.63, 3.8) is 0 Å². The Morgan fingerprint density at radius 3 is 2.65 bits per heavy atom. The number of nitrogens with one attached hydrogen (secondary N) is 1. The van der Waals surface area contributed by atoms with Gasteiger partial charge >= 0.3 is 0 Å². The highest BCUT2D eigenvalue weighted by Gasteiger charge is 2.19. The Labute approximate surface area is 128 Å². The van der Waals surface area contributed by atoms with Crippen molar-refractivity contribution in [2.75, 3.05) is 11.1 Å². The van der Waals surface area contributed by atoms with Crippen LogP contribution in [-0.4, -0.2) is 15.5 Å². The van der Waals surface area contributed by atoms with Crippen molar-refractivity contribution >= 4 is 27.7 Å². The molecule has 4 nitrogen and oxygen atoms in total. The molecule has 5 heteroatoms. The summed E-state index contributed by atoms with van der Waals surface area (Å²) >= 11 is 3.44. The number of rotatable bonds is 5. The Bertz CT molecular complexity index is 569. The van der Waals surface area contributed by atoms with Gasteiger partial charge in [0.1, 0.15) is 5.82 Å². The molecule has 0 aliphatic rings. The number of anilines is 2. The van der Waals surface area contributed by atoms with Gasteiger partial charge in [-0.3, -0.25) is 0 Å². The van der Waals surface area contributed by atoms with E-state index in [-0.39, 0.29) is 11.5 Å². The summed E-state index contributed by atoms with van der Waals surface area (Å²) in [5.41, 5.74) is 6.88.